The van der Waals surface area contributed by atoms with E-state index in [1.54, 1.807) is 7.11 Å². The number of methoxy groups -OCH3 is 1. The first-order valence-electron chi connectivity index (χ1n) is 4.24. The summed E-state index contributed by atoms with van der Waals surface area (Å²) in [5.41, 5.74) is 6.63. The Labute approximate surface area is 77.5 Å². The molecule has 1 aromatic rings. The Kier molecular flexibility index (Phi) is 3.71. The summed E-state index contributed by atoms with van der Waals surface area (Å²) >= 11 is 0. The quantitative estimate of drug-likeness (QED) is 0.775. The lowest BCUT2D eigenvalue weighted by molar-refractivity contribution is 0.395. The summed E-state index contributed by atoms with van der Waals surface area (Å²) in [6, 6.07) is 7.15. The minimum absolute atomic E-state index is 0.277. The smallest absolute Gasteiger partial charge is 0.123 e. The molecule has 0 saturated carbocycles. The lowest BCUT2D eigenvalue weighted by atomic mass is 10.0. The van der Waals surface area contributed by atoms with Crippen LogP contribution in [0, 0.1) is 0 Å². The van der Waals surface area contributed by atoms with Crippen molar-refractivity contribution >= 4 is 0 Å². The van der Waals surface area contributed by atoms with Crippen LogP contribution in [0.4, 0.5) is 4.39 Å². The van der Waals surface area contributed by atoms with Crippen molar-refractivity contribution in [1.29, 1.82) is 0 Å². The van der Waals surface area contributed by atoms with Gasteiger partial charge in [0.25, 0.3) is 0 Å². The Bertz CT molecular complexity index is 265. The normalized spacial score (nSPS) is 12.5. The Morgan fingerprint density at radius 3 is 2.77 bits per heavy atom. The van der Waals surface area contributed by atoms with Gasteiger partial charge in [0.1, 0.15) is 5.75 Å². The van der Waals surface area contributed by atoms with Crippen molar-refractivity contribution in [3.8, 4) is 5.75 Å². The summed E-state index contributed by atoms with van der Waals surface area (Å²) in [7, 11) is 1.58. The number of nitrogens with two attached hydrogens (primary N) is 1. The lowest BCUT2D eigenvalue weighted by Crippen LogP contribution is -2.12. The predicted molar refractivity (Wildman–Crippen MR) is 50.5 cm³/mol. The van der Waals surface area contributed by atoms with E-state index in [1.165, 1.54) is 0 Å². The van der Waals surface area contributed by atoms with E-state index in [2.05, 4.69) is 0 Å². The molecule has 13 heavy (non-hydrogen) atoms. The molecular formula is C10H14FNO. The Balaban J connectivity index is 2.85. The Morgan fingerprint density at radius 2 is 2.15 bits per heavy atom. The lowest BCUT2D eigenvalue weighted by Gasteiger charge is -2.13. The van der Waals surface area contributed by atoms with Crippen molar-refractivity contribution in [3.05, 3.63) is 29.8 Å². The molecule has 0 amide bonds. The third-order valence-electron chi connectivity index (χ3n) is 1.96. The van der Waals surface area contributed by atoms with Crippen LogP contribution >= 0.6 is 0 Å². The molecule has 72 valence electrons. The van der Waals surface area contributed by atoms with Gasteiger partial charge in [0, 0.05) is 11.6 Å². The topological polar surface area (TPSA) is 35.2 Å². The second-order valence-corrected chi connectivity index (χ2v) is 2.83. The molecule has 2 nitrogen and oxygen atoms in total. The van der Waals surface area contributed by atoms with Gasteiger partial charge in [-0.25, -0.2) is 0 Å². The zero-order valence-corrected chi connectivity index (χ0v) is 7.66. The molecule has 1 aromatic carbocycles. The van der Waals surface area contributed by atoms with Crippen LogP contribution in [0.5, 0.6) is 5.75 Å². The van der Waals surface area contributed by atoms with Crippen LogP contribution in [0.3, 0.4) is 0 Å². The summed E-state index contributed by atoms with van der Waals surface area (Å²) in [6.45, 7) is -0.404. The van der Waals surface area contributed by atoms with Crippen molar-refractivity contribution in [1.82, 2.24) is 0 Å². The number of para-hydroxylation sites is 1. The standard InChI is InChI=1S/C10H14FNO/c1-13-10-5-3-2-4-8(10)9(12)6-7-11/h2-5,9H,6-7,12H2,1H3/t9-/m1/s1. The van der Waals surface area contributed by atoms with Crippen LogP contribution in [0.15, 0.2) is 24.3 Å². The molecule has 0 aliphatic rings. The van der Waals surface area contributed by atoms with Crippen molar-refractivity contribution in [2.75, 3.05) is 13.8 Å². The molecule has 0 fully saturated rings. The molecule has 0 aliphatic carbocycles. The first-order chi connectivity index (χ1) is 6.29. The fourth-order valence-electron chi connectivity index (χ4n) is 1.25. The first kappa shape index (κ1) is 9.99. The van der Waals surface area contributed by atoms with Crippen LogP contribution in [-0.2, 0) is 0 Å². The van der Waals surface area contributed by atoms with Crippen molar-refractivity contribution in [2.45, 2.75) is 12.5 Å². The summed E-state index contributed by atoms with van der Waals surface area (Å²) in [5, 5.41) is 0. The predicted octanol–water partition coefficient (Wildman–Crippen LogP) is 2.05. The van der Waals surface area contributed by atoms with Gasteiger partial charge in [-0.3, -0.25) is 4.39 Å². The number of hydrogen-bond donors (Lipinski definition) is 1. The van der Waals surface area contributed by atoms with Gasteiger partial charge in [-0.1, -0.05) is 18.2 Å². The maximum atomic E-state index is 12.0. The minimum atomic E-state index is -0.404. The summed E-state index contributed by atoms with van der Waals surface area (Å²) < 4.78 is 17.2. The van der Waals surface area contributed by atoms with Gasteiger partial charge in [0.05, 0.1) is 13.8 Å². The van der Waals surface area contributed by atoms with Crippen molar-refractivity contribution in [2.24, 2.45) is 5.73 Å². The molecule has 0 radical (unpaired) electrons. The average molecular weight is 183 g/mol. The zero-order valence-electron chi connectivity index (χ0n) is 7.66. The van der Waals surface area contributed by atoms with Gasteiger partial charge in [0.2, 0.25) is 0 Å². The van der Waals surface area contributed by atoms with Crippen LogP contribution in [0.2, 0.25) is 0 Å². The molecular weight excluding hydrogens is 169 g/mol. The molecule has 0 aromatic heterocycles. The Morgan fingerprint density at radius 1 is 1.46 bits per heavy atom. The van der Waals surface area contributed by atoms with Crippen LogP contribution in [0.1, 0.15) is 18.0 Å². The number of alkyl halides is 1. The molecule has 0 bridgehead atoms. The van der Waals surface area contributed by atoms with Gasteiger partial charge in [0.15, 0.2) is 0 Å². The number of benzene rings is 1. The fourth-order valence-corrected chi connectivity index (χ4v) is 1.25. The maximum Gasteiger partial charge on any atom is 0.123 e. The highest BCUT2D eigenvalue weighted by Gasteiger charge is 2.10. The van der Waals surface area contributed by atoms with Crippen LogP contribution in [0.25, 0.3) is 0 Å². The third kappa shape index (κ3) is 2.42. The summed E-state index contributed by atoms with van der Waals surface area (Å²) in [5.74, 6) is 0.725. The molecule has 3 heteroatoms. The van der Waals surface area contributed by atoms with E-state index in [0.717, 1.165) is 11.3 Å². The first-order valence-corrected chi connectivity index (χ1v) is 4.24. The Hall–Kier alpha value is -1.09. The third-order valence-corrected chi connectivity index (χ3v) is 1.96. The average Bonchev–Trinajstić information content (AvgIpc) is 2.18. The SMILES string of the molecule is COc1ccccc1[C@H](N)CCF. The number of rotatable bonds is 4. The van der Waals surface area contributed by atoms with Gasteiger partial charge in [-0.05, 0) is 12.5 Å². The van der Waals surface area contributed by atoms with E-state index < -0.39 is 6.67 Å². The molecule has 0 aliphatic heterocycles. The van der Waals surface area contributed by atoms with Gasteiger partial charge >= 0.3 is 0 Å². The van der Waals surface area contributed by atoms with Gasteiger partial charge in [-0.15, -0.1) is 0 Å². The van der Waals surface area contributed by atoms with E-state index in [-0.39, 0.29) is 6.04 Å². The highest BCUT2D eigenvalue weighted by atomic mass is 19.1. The monoisotopic (exact) mass is 183 g/mol. The minimum Gasteiger partial charge on any atom is -0.496 e. The van der Waals surface area contributed by atoms with Gasteiger partial charge < -0.3 is 10.5 Å². The van der Waals surface area contributed by atoms with Gasteiger partial charge in [-0.2, -0.15) is 0 Å². The molecule has 2 N–H and O–H groups in total. The van der Waals surface area contributed by atoms with Crippen LogP contribution < -0.4 is 10.5 Å². The van der Waals surface area contributed by atoms with E-state index >= 15 is 0 Å². The molecule has 1 rings (SSSR count). The summed E-state index contributed by atoms with van der Waals surface area (Å²) in [4.78, 5) is 0. The van der Waals surface area contributed by atoms with Crippen molar-refractivity contribution < 1.29 is 9.13 Å². The number of hydrogen-bond acceptors (Lipinski definition) is 2. The maximum absolute atomic E-state index is 12.0. The summed E-state index contributed by atoms with van der Waals surface area (Å²) in [6.07, 6.45) is 0.334. The molecule has 0 unspecified atom stereocenters. The number of ether oxygens (including phenoxy) is 1. The van der Waals surface area contributed by atoms with E-state index in [9.17, 15) is 4.39 Å². The molecule has 0 spiro atoms. The second-order valence-electron chi connectivity index (χ2n) is 2.83. The van der Waals surface area contributed by atoms with E-state index in [0.29, 0.717) is 6.42 Å². The van der Waals surface area contributed by atoms with Crippen molar-refractivity contribution in [3.63, 3.8) is 0 Å². The highest BCUT2D eigenvalue weighted by Crippen LogP contribution is 2.24. The van der Waals surface area contributed by atoms with E-state index in [4.69, 9.17) is 10.5 Å². The van der Waals surface area contributed by atoms with E-state index in [1.807, 2.05) is 24.3 Å². The number of halogens is 1. The molecule has 0 saturated heterocycles. The second kappa shape index (κ2) is 4.82. The molecule has 0 heterocycles. The fraction of sp³-hybridized carbons (Fsp3) is 0.400. The van der Waals surface area contributed by atoms with Crippen LogP contribution in [-0.4, -0.2) is 13.8 Å². The highest BCUT2D eigenvalue weighted by molar-refractivity contribution is 5.35. The molecule has 1 atom stereocenters. The zero-order chi connectivity index (χ0) is 9.68. The largest absolute Gasteiger partial charge is 0.496 e.